The van der Waals surface area contributed by atoms with Gasteiger partial charge in [-0.25, -0.2) is 0 Å². The van der Waals surface area contributed by atoms with E-state index in [0.29, 0.717) is 5.92 Å². The maximum absolute atomic E-state index is 3.54. The highest BCUT2D eigenvalue weighted by atomic mass is 79.9. The summed E-state index contributed by atoms with van der Waals surface area (Å²) in [6, 6.07) is 6.42. The van der Waals surface area contributed by atoms with Crippen molar-refractivity contribution in [3.8, 4) is 0 Å². The van der Waals surface area contributed by atoms with Crippen molar-refractivity contribution in [1.82, 2.24) is 5.32 Å². The molecule has 0 spiro atoms. The Labute approximate surface area is 107 Å². The largest absolute Gasteiger partial charge is 0.313 e. The lowest BCUT2D eigenvalue weighted by molar-refractivity contribution is 0.577. The van der Waals surface area contributed by atoms with Crippen molar-refractivity contribution in [1.29, 1.82) is 0 Å². The first-order valence-corrected chi connectivity index (χ1v) is 6.52. The number of hydrogen-bond acceptors (Lipinski definition) is 1. The molecule has 0 aliphatic carbocycles. The van der Waals surface area contributed by atoms with E-state index in [4.69, 9.17) is 0 Å². The van der Waals surface area contributed by atoms with Crippen molar-refractivity contribution in [2.45, 2.75) is 20.8 Å². The first-order valence-electron chi connectivity index (χ1n) is 5.73. The van der Waals surface area contributed by atoms with Crippen LogP contribution in [0.5, 0.6) is 0 Å². The van der Waals surface area contributed by atoms with Gasteiger partial charge in [-0.3, -0.25) is 0 Å². The summed E-state index contributed by atoms with van der Waals surface area (Å²) in [7, 11) is 0. The van der Waals surface area contributed by atoms with Crippen molar-refractivity contribution in [2.75, 3.05) is 13.1 Å². The molecule has 1 nitrogen and oxygen atoms in total. The lowest BCUT2D eigenvalue weighted by atomic mass is 10.1. The fourth-order valence-electron chi connectivity index (χ4n) is 1.36. The molecule has 0 fully saturated rings. The Bertz CT molecular complexity index is 356. The molecular formula is C14H20BrN. The molecule has 0 unspecified atom stereocenters. The Morgan fingerprint density at radius 3 is 2.75 bits per heavy atom. The van der Waals surface area contributed by atoms with Gasteiger partial charge < -0.3 is 5.32 Å². The molecule has 1 N–H and O–H groups in total. The number of benzene rings is 1. The molecule has 0 saturated carbocycles. The van der Waals surface area contributed by atoms with Gasteiger partial charge in [-0.15, -0.1) is 0 Å². The number of aryl methyl sites for hydroxylation is 1. The summed E-state index contributed by atoms with van der Waals surface area (Å²) in [6.45, 7) is 8.54. The van der Waals surface area contributed by atoms with Gasteiger partial charge in [0.25, 0.3) is 0 Å². The van der Waals surface area contributed by atoms with E-state index < -0.39 is 0 Å². The van der Waals surface area contributed by atoms with Crippen molar-refractivity contribution >= 4 is 22.0 Å². The van der Waals surface area contributed by atoms with Crippen LogP contribution >= 0.6 is 15.9 Å². The topological polar surface area (TPSA) is 12.0 Å². The molecule has 0 heterocycles. The predicted molar refractivity (Wildman–Crippen MR) is 75.6 cm³/mol. The third-order valence-corrected chi connectivity index (χ3v) is 3.18. The minimum Gasteiger partial charge on any atom is -0.313 e. The number of nitrogens with one attached hydrogen (secondary N) is 1. The van der Waals surface area contributed by atoms with Crippen molar-refractivity contribution < 1.29 is 0 Å². The van der Waals surface area contributed by atoms with Crippen molar-refractivity contribution in [3.05, 3.63) is 39.9 Å². The third-order valence-electron chi connectivity index (χ3n) is 2.32. The lowest BCUT2D eigenvalue weighted by Crippen LogP contribution is -2.19. The van der Waals surface area contributed by atoms with Gasteiger partial charge in [0.1, 0.15) is 0 Å². The van der Waals surface area contributed by atoms with Crippen LogP contribution in [0.3, 0.4) is 0 Å². The van der Waals surface area contributed by atoms with Crippen LogP contribution in [0.1, 0.15) is 25.0 Å². The molecule has 1 rings (SSSR count). The Kier molecular flexibility index (Phi) is 5.78. The van der Waals surface area contributed by atoms with E-state index in [2.05, 4.69) is 72.4 Å². The van der Waals surface area contributed by atoms with Gasteiger partial charge in [0.15, 0.2) is 0 Å². The summed E-state index contributed by atoms with van der Waals surface area (Å²) in [4.78, 5) is 0. The Hall–Kier alpha value is -0.600. The zero-order chi connectivity index (χ0) is 12.0. The molecule has 1 aromatic rings. The van der Waals surface area contributed by atoms with E-state index in [-0.39, 0.29) is 0 Å². The average Bonchev–Trinajstić information content (AvgIpc) is 2.22. The van der Waals surface area contributed by atoms with Crippen LogP contribution in [0.25, 0.3) is 6.08 Å². The second-order valence-corrected chi connectivity index (χ2v) is 5.32. The molecule has 88 valence electrons. The normalized spacial score (nSPS) is 11.6. The summed E-state index contributed by atoms with van der Waals surface area (Å²) in [5.74, 6) is 0.710. The van der Waals surface area contributed by atoms with Gasteiger partial charge in [-0.2, -0.15) is 0 Å². The summed E-state index contributed by atoms with van der Waals surface area (Å²) in [5, 5.41) is 3.38. The average molecular weight is 282 g/mol. The number of hydrogen-bond donors (Lipinski definition) is 1. The van der Waals surface area contributed by atoms with Crippen LogP contribution in [0.2, 0.25) is 0 Å². The van der Waals surface area contributed by atoms with Crippen LogP contribution in [-0.2, 0) is 0 Å². The van der Waals surface area contributed by atoms with Crippen LogP contribution in [0.15, 0.2) is 28.7 Å². The smallest absolute Gasteiger partial charge is 0.0210 e. The van der Waals surface area contributed by atoms with Crippen molar-refractivity contribution in [2.24, 2.45) is 5.92 Å². The van der Waals surface area contributed by atoms with E-state index in [1.807, 2.05) is 0 Å². The highest BCUT2D eigenvalue weighted by molar-refractivity contribution is 9.10. The van der Waals surface area contributed by atoms with Crippen LogP contribution in [0, 0.1) is 12.8 Å². The monoisotopic (exact) mass is 281 g/mol. The summed E-state index contributed by atoms with van der Waals surface area (Å²) >= 11 is 3.54. The molecule has 1 aromatic carbocycles. The van der Waals surface area contributed by atoms with Crippen LogP contribution < -0.4 is 5.32 Å². The highest BCUT2D eigenvalue weighted by Crippen LogP contribution is 2.18. The van der Waals surface area contributed by atoms with Crippen LogP contribution in [-0.4, -0.2) is 13.1 Å². The summed E-state index contributed by atoms with van der Waals surface area (Å²) < 4.78 is 1.17. The Morgan fingerprint density at radius 2 is 2.12 bits per heavy atom. The molecule has 0 aliphatic heterocycles. The van der Waals surface area contributed by atoms with Crippen LogP contribution in [0.4, 0.5) is 0 Å². The van der Waals surface area contributed by atoms with E-state index in [1.54, 1.807) is 0 Å². The number of rotatable bonds is 5. The fourth-order valence-corrected chi connectivity index (χ4v) is 1.76. The molecule has 16 heavy (non-hydrogen) atoms. The Morgan fingerprint density at radius 1 is 1.38 bits per heavy atom. The molecule has 0 aliphatic rings. The molecule has 2 heteroatoms. The maximum Gasteiger partial charge on any atom is 0.0210 e. The first-order chi connectivity index (χ1) is 7.59. The van der Waals surface area contributed by atoms with E-state index in [9.17, 15) is 0 Å². The van der Waals surface area contributed by atoms with Crippen molar-refractivity contribution in [3.63, 3.8) is 0 Å². The fraction of sp³-hybridized carbons (Fsp3) is 0.429. The summed E-state index contributed by atoms with van der Waals surface area (Å²) in [6.07, 6.45) is 4.32. The van der Waals surface area contributed by atoms with Gasteiger partial charge >= 0.3 is 0 Å². The molecule has 0 aromatic heterocycles. The molecule has 0 bridgehead atoms. The summed E-state index contributed by atoms with van der Waals surface area (Å²) in [5.41, 5.74) is 2.51. The molecular weight excluding hydrogens is 262 g/mol. The molecule has 0 saturated heterocycles. The molecule has 0 amide bonds. The molecule has 0 radical (unpaired) electrons. The SMILES string of the molecule is Cc1ccc(/C=C/CNCC(C)C)cc1Br. The standard InChI is InChI=1S/C14H20BrN/c1-11(2)10-16-8-4-5-13-7-6-12(3)14(15)9-13/h4-7,9,11,16H,8,10H2,1-3H3/b5-4+. The van der Waals surface area contributed by atoms with E-state index in [1.165, 1.54) is 15.6 Å². The second kappa shape index (κ2) is 6.87. The second-order valence-electron chi connectivity index (χ2n) is 4.46. The van der Waals surface area contributed by atoms with Gasteiger partial charge in [-0.1, -0.05) is 54.1 Å². The zero-order valence-corrected chi connectivity index (χ0v) is 11.8. The maximum atomic E-state index is 3.54. The quantitative estimate of drug-likeness (QED) is 0.804. The minimum atomic E-state index is 0.710. The van der Waals surface area contributed by atoms with Gasteiger partial charge in [-0.05, 0) is 36.6 Å². The Balaban J connectivity index is 2.41. The number of halogens is 1. The third kappa shape index (κ3) is 4.95. The van der Waals surface area contributed by atoms with Gasteiger partial charge in [0.05, 0.1) is 0 Å². The van der Waals surface area contributed by atoms with E-state index >= 15 is 0 Å². The zero-order valence-electron chi connectivity index (χ0n) is 10.3. The minimum absolute atomic E-state index is 0.710. The first kappa shape index (κ1) is 13.5. The van der Waals surface area contributed by atoms with Gasteiger partial charge in [0.2, 0.25) is 0 Å². The molecule has 0 atom stereocenters. The van der Waals surface area contributed by atoms with E-state index in [0.717, 1.165) is 13.1 Å². The van der Waals surface area contributed by atoms with Gasteiger partial charge in [0, 0.05) is 11.0 Å². The lowest BCUT2D eigenvalue weighted by Gasteiger charge is -2.04. The highest BCUT2D eigenvalue weighted by Gasteiger charge is 1.94. The predicted octanol–water partition coefficient (Wildman–Crippen LogP) is 4.02.